The molecule has 8 heteroatoms. The van der Waals surface area contributed by atoms with Crippen LogP contribution in [0.5, 0.6) is 5.75 Å². The monoisotopic (exact) mass is 548 g/mol. The Balaban J connectivity index is 1.33. The van der Waals surface area contributed by atoms with E-state index in [9.17, 15) is 15.0 Å². The maximum atomic E-state index is 11.8. The summed E-state index contributed by atoms with van der Waals surface area (Å²) in [6, 6.07) is 5.55. The van der Waals surface area contributed by atoms with Gasteiger partial charge in [0, 0.05) is 22.4 Å². The first-order valence-corrected chi connectivity index (χ1v) is 15.2. The van der Waals surface area contributed by atoms with Gasteiger partial charge in [-0.05, 0) is 93.9 Å². The lowest BCUT2D eigenvalue weighted by Crippen LogP contribution is -2.41. The standard InChI is InChI=1S/C29H41ClN2O4S/c1-36-21-8-9-25-23(18-21)28(24(30)20-31-25)26(33)10-11-29(19-27(34)35)12-15-32(16-13-29)14-5-17-37-22-6-3-2-4-7-22/h8-9,18,20,22,26,33H,2-7,10-17,19H2,1H3,(H,34,35)/t26-/m0/s1. The number of methoxy groups -OCH3 is 1. The average Bonchev–Trinajstić information content (AvgIpc) is 2.90. The SMILES string of the molecule is COc1ccc2ncc(Cl)c([C@@H](O)CCC3(CC(=O)O)CCN(CCCSC4CCCCC4)CC3)c2c1. The lowest BCUT2D eigenvalue weighted by molar-refractivity contribution is -0.141. The first kappa shape index (κ1) is 28.5. The summed E-state index contributed by atoms with van der Waals surface area (Å²) in [5.41, 5.74) is 1.09. The van der Waals surface area contributed by atoms with Crippen molar-refractivity contribution in [2.24, 2.45) is 5.41 Å². The van der Waals surface area contributed by atoms with Gasteiger partial charge in [0.1, 0.15) is 5.75 Å². The third-order valence-electron chi connectivity index (χ3n) is 8.32. The quantitative estimate of drug-likeness (QED) is 0.285. The van der Waals surface area contributed by atoms with Crippen molar-refractivity contribution in [1.82, 2.24) is 9.88 Å². The fourth-order valence-corrected chi connectivity index (χ4v) is 7.65. The van der Waals surface area contributed by atoms with Gasteiger partial charge in [-0.1, -0.05) is 30.9 Å². The minimum absolute atomic E-state index is 0.143. The Morgan fingerprint density at radius 2 is 2.03 bits per heavy atom. The fraction of sp³-hybridized carbons (Fsp3) is 0.655. The molecule has 2 fully saturated rings. The first-order chi connectivity index (χ1) is 17.9. The number of carboxylic acid groups (broad SMARTS) is 1. The van der Waals surface area contributed by atoms with Gasteiger partial charge in [0.05, 0.1) is 30.2 Å². The minimum atomic E-state index is -0.800. The summed E-state index contributed by atoms with van der Waals surface area (Å²) in [6.45, 7) is 2.94. The molecule has 2 aromatic rings. The number of carbonyl (C=O) groups is 1. The molecule has 37 heavy (non-hydrogen) atoms. The van der Waals surface area contributed by atoms with Gasteiger partial charge in [-0.25, -0.2) is 0 Å². The molecule has 204 valence electrons. The number of aliphatic carboxylic acids is 1. The number of likely N-dealkylation sites (tertiary alicyclic amines) is 1. The lowest BCUT2D eigenvalue weighted by Gasteiger charge is -2.41. The van der Waals surface area contributed by atoms with Crippen LogP contribution in [0.3, 0.4) is 0 Å². The average molecular weight is 549 g/mol. The molecular weight excluding hydrogens is 508 g/mol. The van der Waals surface area contributed by atoms with Crippen molar-refractivity contribution in [3.8, 4) is 5.75 Å². The number of hydrogen-bond donors (Lipinski definition) is 2. The van der Waals surface area contributed by atoms with Crippen LogP contribution in [0, 0.1) is 5.41 Å². The zero-order valence-electron chi connectivity index (χ0n) is 22.0. The van der Waals surface area contributed by atoms with Crippen LogP contribution in [0.1, 0.15) is 82.3 Å². The topological polar surface area (TPSA) is 82.9 Å². The van der Waals surface area contributed by atoms with Gasteiger partial charge < -0.3 is 19.8 Å². The normalized spacial score (nSPS) is 19.6. The summed E-state index contributed by atoms with van der Waals surface area (Å²) in [4.78, 5) is 18.7. The maximum absolute atomic E-state index is 11.8. The Bertz CT molecular complexity index is 1040. The molecule has 4 rings (SSSR count). The molecule has 0 radical (unpaired) electrons. The molecule has 0 spiro atoms. The van der Waals surface area contributed by atoms with Gasteiger partial charge in [0.25, 0.3) is 0 Å². The van der Waals surface area contributed by atoms with Crippen molar-refractivity contribution in [2.45, 2.75) is 82.0 Å². The summed E-state index contributed by atoms with van der Waals surface area (Å²) in [6.07, 6.45) is 11.9. The Morgan fingerprint density at radius 3 is 2.73 bits per heavy atom. The van der Waals surface area contributed by atoms with Crippen LogP contribution in [0.2, 0.25) is 5.02 Å². The number of fused-ring (bicyclic) bond motifs is 1. The second-order valence-electron chi connectivity index (χ2n) is 10.9. The third-order valence-corrected chi connectivity index (χ3v) is 10.1. The summed E-state index contributed by atoms with van der Waals surface area (Å²) in [5, 5.41) is 23.0. The fourth-order valence-electron chi connectivity index (χ4n) is 6.08. The molecular formula is C29H41ClN2O4S. The van der Waals surface area contributed by atoms with Crippen molar-refractivity contribution < 1.29 is 19.7 Å². The van der Waals surface area contributed by atoms with E-state index in [4.69, 9.17) is 16.3 Å². The van der Waals surface area contributed by atoms with E-state index >= 15 is 0 Å². The van der Waals surface area contributed by atoms with E-state index in [-0.39, 0.29) is 11.8 Å². The highest BCUT2D eigenvalue weighted by Crippen LogP contribution is 2.43. The van der Waals surface area contributed by atoms with Gasteiger partial charge in [-0.3, -0.25) is 9.78 Å². The predicted molar refractivity (Wildman–Crippen MR) is 152 cm³/mol. The molecule has 0 amide bonds. The van der Waals surface area contributed by atoms with Gasteiger partial charge in [-0.15, -0.1) is 0 Å². The maximum Gasteiger partial charge on any atom is 0.303 e. The molecule has 1 aliphatic carbocycles. The van der Waals surface area contributed by atoms with Crippen LogP contribution >= 0.6 is 23.4 Å². The number of aromatic nitrogens is 1. The van der Waals surface area contributed by atoms with Crippen molar-refractivity contribution in [1.29, 1.82) is 0 Å². The highest BCUT2D eigenvalue weighted by Gasteiger charge is 2.37. The number of nitrogens with zero attached hydrogens (tertiary/aromatic N) is 2. The largest absolute Gasteiger partial charge is 0.497 e. The summed E-state index contributed by atoms with van der Waals surface area (Å²) >= 11 is 8.65. The van der Waals surface area contributed by atoms with Gasteiger partial charge in [-0.2, -0.15) is 11.8 Å². The Morgan fingerprint density at radius 1 is 1.27 bits per heavy atom. The van der Waals surface area contributed by atoms with E-state index in [2.05, 4.69) is 21.6 Å². The molecule has 1 aliphatic heterocycles. The van der Waals surface area contributed by atoms with E-state index in [0.717, 1.165) is 48.6 Å². The van der Waals surface area contributed by atoms with Gasteiger partial charge in [0.2, 0.25) is 0 Å². The number of piperidine rings is 1. The molecule has 1 saturated heterocycles. The van der Waals surface area contributed by atoms with E-state index in [0.29, 0.717) is 29.2 Å². The summed E-state index contributed by atoms with van der Waals surface area (Å²) in [7, 11) is 1.60. The van der Waals surface area contributed by atoms with Crippen LogP contribution in [-0.2, 0) is 4.79 Å². The molecule has 2 aliphatic rings. The predicted octanol–water partition coefficient (Wildman–Crippen LogP) is 6.72. The minimum Gasteiger partial charge on any atom is -0.497 e. The van der Waals surface area contributed by atoms with Gasteiger partial charge >= 0.3 is 5.97 Å². The number of hydrogen-bond acceptors (Lipinski definition) is 6. The van der Waals surface area contributed by atoms with Crippen LogP contribution in [0.4, 0.5) is 0 Å². The number of pyridine rings is 1. The van der Waals surface area contributed by atoms with Crippen molar-refractivity contribution >= 4 is 40.2 Å². The number of thioether (sulfide) groups is 1. The van der Waals surface area contributed by atoms with E-state index in [1.54, 1.807) is 13.3 Å². The number of carboxylic acids is 1. The zero-order valence-corrected chi connectivity index (χ0v) is 23.5. The number of ether oxygens (including phenoxy) is 1. The van der Waals surface area contributed by atoms with E-state index in [1.807, 2.05) is 18.2 Å². The van der Waals surface area contributed by atoms with Crippen molar-refractivity contribution in [3.05, 3.63) is 35.0 Å². The van der Waals surface area contributed by atoms with Crippen LogP contribution in [0.25, 0.3) is 10.9 Å². The molecule has 0 bridgehead atoms. The number of rotatable bonds is 12. The van der Waals surface area contributed by atoms with E-state index in [1.165, 1.54) is 44.3 Å². The van der Waals surface area contributed by atoms with Crippen LogP contribution in [0.15, 0.2) is 24.4 Å². The summed E-state index contributed by atoms with van der Waals surface area (Å²) in [5.74, 6) is 1.14. The van der Waals surface area contributed by atoms with Crippen LogP contribution in [-0.4, -0.2) is 63.8 Å². The number of aliphatic hydroxyl groups excluding tert-OH is 1. The molecule has 2 N–H and O–H groups in total. The molecule has 0 unspecified atom stereocenters. The second kappa shape index (κ2) is 13.5. The van der Waals surface area contributed by atoms with Crippen LogP contribution < -0.4 is 4.74 Å². The molecule has 1 aromatic carbocycles. The van der Waals surface area contributed by atoms with Gasteiger partial charge in [0.15, 0.2) is 0 Å². The highest BCUT2D eigenvalue weighted by molar-refractivity contribution is 7.99. The molecule has 1 atom stereocenters. The number of benzene rings is 1. The Kier molecular flexibility index (Phi) is 10.4. The zero-order chi connectivity index (χ0) is 26.3. The highest BCUT2D eigenvalue weighted by atomic mass is 35.5. The second-order valence-corrected chi connectivity index (χ2v) is 12.7. The smallest absolute Gasteiger partial charge is 0.303 e. The first-order valence-electron chi connectivity index (χ1n) is 13.8. The molecule has 2 heterocycles. The van der Waals surface area contributed by atoms with E-state index < -0.39 is 12.1 Å². The lowest BCUT2D eigenvalue weighted by atomic mass is 9.71. The summed E-state index contributed by atoms with van der Waals surface area (Å²) < 4.78 is 5.36. The molecule has 1 aromatic heterocycles. The third kappa shape index (κ3) is 7.75. The number of aliphatic hydroxyl groups is 1. The van der Waals surface area contributed by atoms with Crippen molar-refractivity contribution in [3.63, 3.8) is 0 Å². The molecule has 1 saturated carbocycles. The van der Waals surface area contributed by atoms with Crippen molar-refractivity contribution in [2.75, 3.05) is 32.5 Å². The Hall–Kier alpha value is -1.54. The molecule has 6 nitrogen and oxygen atoms in total. The Labute approximate surface area is 230 Å². The number of halogens is 1.